The maximum absolute atomic E-state index is 6.94. The average Bonchev–Trinajstić information content (AvgIpc) is 2.14. The van der Waals surface area contributed by atoms with Crippen LogP contribution in [0, 0.1) is 0 Å². The van der Waals surface area contributed by atoms with E-state index in [9.17, 15) is 0 Å². The Bertz CT molecular complexity index is 52.4. The van der Waals surface area contributed by atoms with Crippen molar-refractivity contribution >= 4 is 0 Å². The zero-order valence-corrected chi connectivity index (χ0v) is 8.53. The molecule has 1 unspecified atom stereocenters. The van der Waals surface area contributed by atoms with Crippen LogP contribution in [0.5, 0.6) is 0 Å². The normalized spacial score (nSPS) is 27.4. The molecule has 1 rings (SSSR count). The van der Waals surface area contributed by atoms with E-state index in [1.807, 2.05) is 0 Å². The first-order valence-corrected chi connectivity index (χ1v) is 2.81. The van der Waals surface area contributed by atoms with Crippen molar-refractivity contribution in [3.8, 4) is 0 Å². The van der Waals surface area contributed by atoms with E-state index in [0.29, 0.717) is 12.6 Å². The van der Waals surface area contributed by atoms with Crippen LogP contribution in [-0.4, -0.2) is 19.1 Å². The number of hydrogen-bond acceptors (Lipinski definition) is 1. The minimum atomic E-state index is 0. The Kier molecular flexibility index (Phi) is 6.39. The molecule has 3 heteroatoms. The summed E-state index contributed by atoms with van der Waals surface area (Å²) in [7, 11) is 0. The van der Waals surface area contributed by atoms with E-state index in [-0.39, 0.29) is 51.4 Å². The smallest absolute Gasteiger partial charge is 0.676 e. The Labute approximate surface area is 93.0 Å². The fraction of sp³-hybridized carbons (Fsp3) is 1.00. The van der Waals surface area contributed by atoms with E-state index in [4.69, 9.17) is 5.73 Å². The first-order chi connectivity index (χ1) is 3.43. The predicted molar refractivity (Wildman–Crippen MR) is 30.2 cm³/mol. The summed E-state index contributed by atoms with van der Waals surface area (Å²) >= 11 is 0. The molecule has 0 aromatic carbocycles. The molecule has 0 aliphatic carbocycles. The Morgan fingerprint density at radius 3 is 2.62 bits per heavy atom. The zero-order valence-electron chi connectivity index (χ0n) is 5.41. The van der Waals surface area contributed by atoms with Crippen molar-refractivity contribution in [1.82, 2.24) is 5.32 Å². The molecule has 0 radical (unpaired) electrons. The molecule has 1 aliphatic heterocycles. The number of rotatable bonds is 1. The van der Waals surface area contributed by atoms with E-state index in [1.165, 1.54) is 12.8 Å². The van der Waals surface area contributed by atoms with Gasteiger partial charge in [0.05, 0.1) is 0 Å². The Balaban J connectivity index is 0.000000490. The maximum atomic E-state index is 6.94. The fourth-order valence-electron chi connectivity index (χ4n) is 0.931. The van der Waals surface area contributed by atoms with Gasteiger partial charge in [-0.2, -0.15) is 0 Å². The van der Waals surface area contributed by atoms with E-state index >= 15 is 0 Å². The van der Waals surface area contributed by atoms with Crippen LogP contribution >= 0.6 is 0 Å². The summed E-state index contributed by atoms with van der Waals surface area (Å²) in [5.74, 6) is 0. The summed E-state index contributed by atoms with van der Waals surface area (Å²) in [6.45, 7) is 1.68. The molecule has 1 heterocycles. The summed E-state index contributed by atoms with van der Waals surface area (Å²) in [5.41, 5.74) is 6.94. The van der Waals surface area contributed by atoms with Gasteiger partial charge in [0.2, 0.25) is 0 Å². The van der Waals surface area contributed by atoms with Crippen molar-refractivity contribution in [2.75, 3.05) is 13.1 Å². The first-order valence-electron chi connectivity index (χ1n) is 2.81. The maximum Gasteiger partial charge on any atom is 1.00 e. The molecule has 1 fully saturated rings. The van der Waals surface area contributed by atoms with Crippen LogP contribution in [0.4, 0.5) is 0 Å². The second kappa shape index (κ2) is 5.35. The van der Waals surface area contributed by atoms with Gasteiger partial charge < -0.3 is 11.1 Å². The average molecular weight is 138 g/mol. The van der Waals surface area contributed by atoms with Crippen LogP contribution in [0.3, 0.4) is 0 Å². The van der Waals surface area contributed by atoms with Gasteiger partial charge in [0.1, 0.15) is 0 Å². The third-order valence-corrected chi connectivity index (χ3v) is 1.41. The van der Waals surface area contributed by atoms with Gasteiger partial charge in [0.15, 0.2) is 0 Å². The molecule has 2 N–H and O–H groups in total. The summed E-state index contributed by atoms with van der Waals surface area (Å²) < 4.78 is 0. The third-order valence-electron chi connectivity index (χ3n) is 1.41. The first kappa shape index (κ1) is 9.56. The van der Waals surface area contributed by atoms with Gasteiger partial charge in [-0.15, -0.1) is 6.54 Å². The molecule has 42 valence electrons. The molecule has 0 bridgehead atoms. The summed E-state index contributed by atoms with van der Waals surface area (Å²) in [6, 6.07) is 0.514. The summed E-state index contributed by atoms with van der Waals surface area (Å²) in [4.78, 5) is 0. The fourth-order valence-corrected chi connectivity index (χ4v) is 0.931. The van der Waals surface area contributed by atoms with Crippen molar-refractivity contribution in [2.45, 2.75) is 18.9 Å². The predicted octanol–water partition coefficient (Wildman–Crippen LogP) is -2.21. The third kappa shape index (κ3) is 2.91. The summed E-state index contributed by atoms with van der Waals surface area (Å²) in [5, 5.41) is 3.22. The zero-order chi connectivity index (χ0) is 5.11. The van der Waals surface area contributed by atoms with E-state index < -0.39 is 0 Å². The Morgan fingerprint density at radius 2 is 2.38 bits per heavy atom. The molecular weight excluding hydrogens is 127 g/mol. The molecule has 1 aliphatic rings. The molecule has 0 spiro atoms. The van der Waals surface area contributed by atoms with Gasteiger partial charge in [-0.1, -0.05) is 0 Å². The number of hydrogen-bond donors (Lipinski definition) is 1. The van der Waals surface area contributed by atoms with Crippen molar-refractivity contribution in [1.29, 1.82) is 0 Å². The van der Waals surface area contributed by atoms with E-state index in [0.717, 1.165) is 6.54 Å². The molecule has 1 saturated heterocycles. The Morgan fingerprint density at radius 1 is 1.62 bits per heavy atom. The second-order valence-corrected chi connectivity index (χ2v) is 2.00. The van der Waals surface area contributed by atoms with Gasteiger partial charge in [-0.25, -0.2) is 0 Å². The van der Waals surface area contributed by atoms with E-state index in [1.54, 1.807) is 0 Å². The van der Waals surface area contributed by atoms with Crippen LogP contribution < -0.4 is 56.7 Å². The van der Waals surface area contributed by atoms with Gasteiger partial charge in [-0.05, 0) is 25.4 Å². The topological polar surface area (TPSA) is 35.8 Å². The molecule has 8 heavy (non-hydrogen) atoms. The molecule has 0 amide bonds. The largest absolute Gasteiger partial charge is 1.00 e. The van der Waals surface area contributed by atoms with Gasteiger partial charge in [-0.3, -0.25) is 0 Å². The summed E-state index contributed by atoms with van der Waals surface area (Å²) in [6.07, 6.45) is 2.48. The van der Waals surface area contributed by atoms with Crippen LogP contribution in [-0.2, 0) is 0 Å². The monoisotopic (exact) mass is 138 g/mol. The molecule has 0 saturated carbocycles. The molecule has 0 aromatic heterocycles. The molecule has 2 nitrogen and oxygen atoms in total. The van der Waals surface area contributed by atoms with Crippen LogP contribution in [0.25, 0.3) is 5.73 Å². The molecular formula is C5H11KN2. The molecule has 1 atom stereocenters. The minimum absolute atomic E-state index is 0. The van der Waals surface area contributed by atoms with Crippen LogP contribution in [0.2, 0.25) is 0 Å². The van der Waals surface area contributed by atoms with Crippen molar-refractivity contribution < 1.29 is 51.4 Å². The quantitative estimate of drug-likeness (QED) is 0.410. The standard InChI is InChI=1S/C5H11N2.K/c6-4-5-2-1-3-7-5;/h5-7H,1-4H2;/q-1;+1. The second-order valence-electron chi connectivity index (χ2n) is 2.00. The van der Waals surface area contributed by atoms with Crippen LogP contribution in [0.15, 0.2) is 0 Å². The number of nitrogens with one attached hydrogen (secondary N) is 2. The Hall–Kier alpha value is 1.56. The van der Waals surface area contributed by atoms with Crippen molar-refractivity contribution in [3.05, 3.63) is 5.73 Å². The van der Waals surface area contributed by atoms with Gasteiger partial charge in [0.25, 0.3) is 0 Å². The van der Waals surface area contributed by atoms with Gasteiger partial charge >= 0.3 is 51.4 Å². The van der Waals surface area contributed by atoms with Crippen molar-refractivity contribution in [2.24, 2.45) is 0 Å². The van der Waals surface area contributed by atoms with E-state index in [2.05, 4.69) is 5.32 Å². The van der Waals surface area contributed by atoms with Crippen LogP contribution in [0.1, 0.15) is 12.8 Å². The SMILES string of the molecule is [K+].[NH-]CC1CCCN1. The van der Waals surface area contributed by atoms with Crippen molar-refractivity contribution in [3.63, 3.8) is 0 Å². The molecule has 0 aromatic rings. The van der Waals surface area contributed by atoms with Gasteiger partial charge in [0, 0.05) is 0 Å². The minimum Gasteiger partial charge on any atom is -0.676 e.